The largest absolute Gasteiger partial charge is 0.376 e. The standard InChI is InChI=1S/C46H33BN2Si/c1-50(2)42-21-11-10-20-40(42)48-45-36-18-9-8-17-34(36)28-38-37-27-32-15-6-7-16-33(32)29-41(37)49(47(44(38)45)39-19-12-22-43(50)46(39)48)35-25-23-31(24-26-35)30-13-4-3-5-14-30/h3-29H,1-2H3. The molecule has 0 atom stereocenters. The normalized spacial score (nSPS) is 14.6. The van der Waals surface area contributed by atoms with Crippen LogP contribution in [0.1, 0.15) is 0 Å². The molecule has 0 aromatic heterocycles. The van der Waals surface area contributed by atoms with Gasteiger partial charge in [0.15, 0.2) is 0 Å². The van der Waals surface area contributed by atoms with Gasteiger partial charge in [0.25, 0.3) is 0 Å². The van der Waals surface area contributed by atoms with Crippen LogP contribution in [-0.4, -0.2) is 14.9 Å². The van der Waals surface area contributed by atoms with E-state index in [0.717, 1.165) is 0 Å². The van der Waals surface area contributed by atoms with Gasteiger partial charge in [-0.15, -0.1) is 0 Å². The van der Waals surface area contributed by atoms with Crippen LogP contribution in [0.2, 0.25) is 13.1 Å². The number of rotatable bonds is 2. The maximum Gasteiger partial charge on any atom is 0.333 e. The van der Waals surface area contributed by atoms with Crippen LogP contribution in [0.4, 0.5) is 28.4 Å². The van der Waals surface area contributed by atoms with Crippen molar-refractivity contribution in [2.45, 2.75) is 13.1 Å². The molecule has 8 aromatic carbocycles. The average Bonchev–Trinajstić information content (AvgIpc) is 3.17. The maximum atomic E-state index is 2.65. The topological polar surface area (TPSA) is 6.48 Å². The van der Waals surface area contributed by atoms with E-state index in [9.17, 15) is 0 Å². The summed E-state index contributed by atoms with van der Waals surface area (Å²) in [6.07, 6.45) is 0. The summed E-state index contributed by atoms with van der Waals surface area (Å²) in [6, 6.07) is 61.5. The summed E-state index contributed by atoms with van der Waals surface area (Å²) in [7, 11) is -2.03. The monoisotopic (exact) mass is 652 g/mol. The Morgan fingerprint density at radius 1 is 0.480 bits per heavy atom. The van der Waals surface area contributed by atoms with Gasteiger partial charge in [0.05, 0.1) is 5.69 Å². The number of hydrogen-bond donors (Lipinski definition) is 0. The fraction of sp³-hybridized carbons (Fsp3) is 0.0435. The molecular weight excluding hydrogens is 619 g/mol. The van der Waals surface area contributed by atoms with E-state index in [1.807, 2.05) is 0 Å². The van der Waals surface area contributed by atoms with E-state index in [2.05, 4.69) is 187 Å². The molecule has 0 spiro atoms. The molecule has 0 aliphatic carbocycles. The minimum absolute atomic E-state index is 0.00195. The molecule has 0 amide bonds. The number of benzene rings is 8. The summed E-state index contributed by atoms with van der Waals surface area (Å²) >= 11 is 0. The summed E-state index contributed by atoms with van der Waals surface area (Å²) in [5.74, 6) is 0. The van der Waals surface area contributed by atoms with Gasteiger partial charge >= 0.3 is 6.85 Å². The third kappa shape index (κ3) is 3.69. The summed E-state index contributed by atoms with van der Waals surface area (Å²) < 4.78 is 0. The van der Waals surface area contributed by atoms with Crippen LogP contribution in [0, 0.1) is 0 Å². The van der Waals surface area contributed by atoms with E-state index in [4.69, 9.17) is 0 Å². The van der Waals surface area contributed by atoms with Crippen molar-refractivity contribution in [3.8, 4) is 22.3 Å². The minimum Gasteiger partial charge on any atom is -0.376 e. The highest BCUT2D eigenvalue weighted by atomic mass is 28.3. The van der Waals surface area contributed by atoms with E-state index in [1.54, 1.807) is 0 Å². The summed E-state index contributed by atoms with van der Waals surface area (Å²) in [4.78, 5) is 5.30. The number of anilines is 5. The van der Waals surface area contributed by atoms with Crippen LogP contribution in [0.25, 0.3) is 43.8 Å². The third-order valence-electron chi connectivity index (χ3n) is 11.6. The maximum absolute atomic E-state index is 2.65. The first-order valence-corrected chi connectivity index (χ1v) is 20.6. The number of fused-ring (bicyclic) bond motifs is 9. The highest BCUT2D eigenvalue weighted by Crippen LogP contribution is 2.50. The first-order valence-electron chi connectivity index (χ1n) is 17.6. The zero-order chi connectivity index (χ0) is 33.1. The van der Waals surface area contributed by atoms with Gasteiger partial charge in [0.1, 0.15) is 8.07 Å². The Labute approximate surface area is 294 Å². The first-order chi connectivity index (χ1) is 24.6. The van der Waals surface area contributed by atoms with Crippen molar-refractivity contribution in [1.82, 2.24) is 0 Å². The Kier molecular flexibility index (Phi) is 5.66. The molecule has 3 heterocycles. The molecule has 0 saturated heterocycles. The van der Waals surface area contributed by atoms with Gasteiger partial charge in [0.2, 0.25) is 0 Å². The number of nitrogens with zero attached hydrogens (tertiary/aromatic N) is 2. The lowest BCUT2D eigenvalue weighted by Crippen LogP contribution is -2.67. The van der Waals surface area contributed by atoms with Crippen LogP contribution in [0.5, 0.6) is 0 Å². The molecule has 0 unspecified atom stereocenters. The van der Waals surface area contributed by atoms with Crippen molar-refractivity contribution in [2.75, 3.05) is 9.71 Å². The molecule has 0 bridgehead atoms. The molecule has 11 rings (SSSR count). The second-order valence-corrected chi connectivity index (χ2v) is 18.9. The van der Waals surface area contributed by atoms with E-state index in [-0.39, 0.29) is 6.85 Å². The highest BCUT2D eigenvalue weighted by molar-refractivity contribution is 7.04. The smallest absolute Gasteiger partial charge is 0.333 e. The minimum atomic E-state index is -2.03. The van der Waals surface area contributed by atoms with Gasteiger partial charge in [-0.25, -0.2) is 0 Å². The molecule has 0 radical (unpaired) electrons. The summed E-state index contributed by atoms with van der Waals surface area (Å²) in [5, 5.41) is 8.12. The predicted octanol–water partition coefficient (Wildman–Crippen LogP) is 9.50. The van der Waals surface area contributed by atoms with Crippen molar-refractivity contribution in [1.29, 1.82) is 0 Å². The van der Waals surface area contributed by atoms with Crippen LogP contribution >= 0.6 is 0 Å². The molecule has 3 aliphatic rings. The average molecular weight is 653 g/mol. The van der Waals surface area contributed by atoms with E-state index in [0.29, 0.717) is 0 Å². The lowest BCUT2D eigenvalue weighted by molar-refractivity contribution is 1.29. The number of hydrogen-bond acceptors (Lipinski definition) is 2. The predicted molar refractivity (Wildman–Crippen MR) is 217 cm³/mol. The number of para-hydroxylation sites is 2. The van der Waals surface area contributed by atoms with Crippen molar-refractivity contribution in [3.63, 3.8) is 0 Å². The third-order valence-corrected chi connectivity index (χ3v) is 15.1. The van der Waals surface area contributed by atoms with Crippen molar-refractivity contribution in [3.05, 3.63) is 164 Å². The molecule has 0 fully saturated rings. The highest BCUT2D eigenvalue weighted by Gasteiger charge is 2.50. The lowest BCUT2D eigenvalue weighted by Gasteiger charge is -2.50. The molecule has 4 heteroatoms. The van der Waals surface area contributed by atoms with Gasteiger partial charge < -0.3 is 9.71 Å². The SMILES string of the molecule is C[Si]1(C)c2ccccc2N2c3c(cccc31)B1c3c(cc4ccccc4c32)-c2cc3ccccc3cc2N1c1ccc(-c2ccccc2)cc1. The van der Waals surface area contributed by atoms with Gasteiger partial charge in [-0.05, 0) is 90.5 Å². The fourth-order valence-electron chi connectivity index (χ4n) is 9.26. The van der Waals surface area contributed by atoms with Crippen LogP contribution in [0.3, 0.4) is 0 Å². The molecule has 8 aromatic rings. The lowest BCUT2D eigenvalue weighted by atomic mass is 9.43. The van der Waals surface area contributed by atoms with Crippen molar-refractivity contribution < 1.29 is 0 Å². The Hall–Kier alpha value is -5.84. The van der Waals surface area contributed by atoms with Crippen molar-refractivity contribution in [2.24, 2.45) is 0 Å². The molecule has 234 valence electrons. The Morgan fingerprint density at radius 2 is 1.12 bits per heavy atom. The first kappa shape index (κ1) is 28.0. The van der Waals surface area contributed by atoms with E-state index < -0.39 is 8.07 Å². The zero-order valence-electron chi connectivity index (χ0n) is 28.1. The Morgan fingerprint density at radius 3 is 1.94 bits per heavy atom. The summed E-state index contributed by atoms with van der Waals surface area (Å²) in [5.41, 5.74) is 14.4. The zero-order valence-corrected chi connectivity index (χ0v) is 29.1. The second-order valence-electron chi connectivity index (χ2n) is 14.5. The van der Waals surface area contributed by atoms with Crippen molar-refractivity contribution >= 4 is 86.2 Å². The van der Waals surface area contributed by atoms with Gasteiger partial charge in [-0.3, -0.25) is 0 Å². The van der Waals surface area contributed by atoms with Gasteiger partial charge in [-0.2, -0.15) is 0 Å². The Balaban J connectivity index is 1.28. The second kappa shape index (κ2) is 10.1. The van der Waals surface area contributed by atoms with Crippen LogP contribution in [-0.2, 0) is 0 Å². The molecule has 0 saturated carbocycles. The molecule has 0 N–H and O–H groups in total. The summed E-state index contributed by atoms with van der Waals surface area (Å²) in [6.45, 7) is 5.07. The van der Waals surface area contributed by atoms with E-state index in [1.165, 1.54) is 93.5 Å². The van der Waals surface area contributed by atoms with Gasteiger partial charge in [0, 0.05) is 33.7 Å². The van der Waals surface area contributed by atoms with Crippen LogP contribution in [0.15, 0.2) is 164 Å². The molecule has 50 heavy (non-hydrogen) atoms. The molecule has 3 aliphatic heterocycles. The van der Waals surface area contributed by atoms with Crippen LogP contribution < -0.4 is 31.0 Å². The van der Waals surface area contributed by atoms with E-state index >= 15 is 0 Å². The molecule has 2 nitrogen and oxygen atoms in total. The molecular formula is C46H33BN2Si. The fourth-order valence-corrected chi connectivity index (χ4v) is 12.3. The Bertz CT molecular complexity index is 2700. The quantitative estimate of drug-likeness (QED) is 0.172. The van der Waals surface area contributed by atoms with Gasteiger partial charge in [-0.1, -0.05) is 140 Å².